The zero-order valence-electron chi connectivity index (χ0n) is 15.2. The fraction of sp³-hybridized carbons (Fsp3) is 0.938. The average Bonchev–Trinajstić information content (AvgIpc) is 2.36. The van der Waals surface area contributed by atoms with Crippen LogP contribution in [0.3, 0.4) is 0 Å². The summed E-state index contributed by atoms with van der Waals surface area (Å²) >= 11 is 0. The Balaban J connectivity index is 0.00000400. The van der Waals surface area contributed by atoms with Crippen molar-refractivity contribution in [3.05, 3.63) is 0 Å². The Hall–Kier alpha value is -0.0400. The van der Waals surface area contributed by atoms with Gasteiger partial charge in [0.1, 0.15) is 0 Å². The van der Waals surface area contributed by atoms with Crippen molar-refractivity contribution in [2.45, 2.75) is 60.0 Å². The molecule has 1 heterocycles. The van der Waals surface area contributed by atoms with Crippen LogP contribution >= 0.6 is 24.0 Å². The van der Waals surface area contributed by atoms with Gasteiger partial charge in [-0.15, -0.1) is 24.0 Å². The van der Waals surface area contributed by atoms with E-state index in [0.717, 1.165) is 32.1 Å². The smallest absolute Gasteiger partial charge is 0.194 e. The minimum Gasteiger partial charge on any atom is -0.355 e. The second-order valence-electron chi connectivity index (χ2n) is 7.23. The molecule has 0 aromatic rings. The van der Waals surface area contributed by atoms with Crippen molar-refractivity contribution in [2.24, 2.45) is 10.4 Å². The first-order valence-electron chi connectivity index (χ1n) is 7.89. The Morgan fingerprint density at radius 3 is 2.19 bits per heavy atom. The highest BCUT2D eigenvalue weighted by Gasteiger charge is 2.53. The maximum Gasteiger partial charge on any atom is 0.194 e. The van der Waals surface area contributed by atoms with E-state index < -0.39 is 0 Å². The van der Waals surface area contributed by atoms with Crippen LogP contribution in [0.1, 0.15) is 48.5 Å². The second-order valence-corrected chi connectivity index (χ2v) is 7.23. The highest BCUT2D eigenvalue weighted by atomic mass is 127. The van der Waals surface area contributed by atoms with Crippen LogP contribution < -0.4 is 5.32 Å². The molecule has 0 spiro atoms. The first-order chi connectivity index (χ1) is 9.17. The summed E-state index contributed by atoms with van der Waals surface area (Å²) in [6, 6.07) is 0.600. The van der Waals surface area contributed by atoms with E-state index >= 15 is 0 Å². The first-order valence-corrected chi connectivity index (χ1v) is 7.89. The van der Waals surface area contributed by atoms with Crippen LogP contribution in [0.2, 0.25) is 0 Å². The minimum absolute atomic E-state index is 0. The number of nitrogens with zero attached hydrogens (tertiary/aromatic N) is 3. The van der Waals surface area contributed by atoms with Gasteiger partial charge in [-0.2, -0.15) is 0 Å². The maximum atomic E-state index is 4.45. The molecule has 0 aromatic carbocycles. The molecule has 0 radical (unpaired) electrons. The lowest BCUT2D eigenvalue weighted by molar-refractivity contribution is -0.0667. The van der Waals surface area contributed by atoms with Crippen molar-refractivity contribution in [3.63, 3.8) is 0 Å². The zero-order valence-corrected chi connectivity index (χ0v) is 17.5. The van der Waals surface area contributed by atoms with Crippen molar-refractivity contribution in [3.8, 4) is 0 Å². The van der Waals surface area contributed by atoms with E-state index in [1.54, 1.807) is 0 Å². The van der Waals surface area contributed by atoms with Crippen LogP contribution in [-0.2, 0) is 0 Å². The topological polar surface area (TPSA) is 30.9 Å². The molecular weight excluding hydrogens is 375 g/mol. The minimum atomic E-state index is 0. The molecule has 0 aliphatic carbocycles. The largest absolute Gasteiger partial charge is 0.355 e. The van der Waals surface area contributed by atoms with Gasteiger partial charge in [0.05, 0.1) is 0 Å². The molecule has 5 heteroatoms. The lowest BCUT2D eigenvalue weighted by Gasteiger charge is -2.62. The lowest BCUT2D eigenvalue weighted by Crippen LogP contribution is -2.72. The Kier molecular flexibility index (Phi) is 7.98. The Morgan fingerprint density at radius 1 is 1.29 bits per heavy atom. The quantitative estimate of drug-likeness (QED) is 0.430. The predicted molar refractivity (Wildman–Crippen MR) is 104 cm³/mol. The van der Waals surface area contributed by atoms with Crippen molar-refractivity contribution in [1.29, 1.82) is 0 Å². The summed E-state index contributed by atoms with van der Waals surface area (Å²) in [5.41, 5.74) is 0.509. The number of hydrogen-bond donors (Lipinski definition) is 1. The fourth-order valence-electron chi connectivity index (χ4n) is 2.79. The number of halogens is 1. The summed E-state index contributed by atoms with van der Waals surface area (Å²) in [5, 5.41) is 3.52. The van der Waals surface area contributed by atoms with Crippen molar-refractivity contribution >= 4 is 29.9 Å². The summed E-state index contributed by atoms with van der Waals surface area (Å²) in [5.74, 6) is 1.04. The lowest BCUT2D eigenvalue weighted by atomic mass is 9.65. The summed E-state index contributed by atoms with van der Waals surface area (Å²) < 4.78 is 0. The molecule has 21 heavy (non-hydrogen) atoms. The van der Waals surface area contributed by atoms with E-state index in [1.807, 2.05) is 7.05 Å². The molecule has 0 amide bonds. The Morgan fingerprint density at radius 2 is 1.86 bits per heavy atom. The molecular formula is C16H35IN4. The van der Waals surface area contributed by atoms with E-state index in [-0.39, 0.29) is 29.5 Å². The van der Waals surface area contributed by atoms with Crippen LogP contribution in [0.15, 0.2) is 4.99 Å². The molecule has 1 saturated heterocycles. The number of hydrogen-bond acceptors (Lipinski definition) is 2. The van der Waals surface area contributed by atoms with Crippen LogP contribution in [0.5, 0.6) is 0 Å². The fourth-order valence-corrected chi connectivity index (χ4v) is 2.79. The van der Waals surface area contributed by atoms with Gasteiger partial charge in [0, 0.05) is 43.7 Å². The van der Waals surface area contributed by atoms with Gasteiger partial charge >= 0.3 is 0 Å². The zero-order chi connectivity index (χ0) is 15.6. The van der Waals surface area contributed by atoms with Crippen LogP contribution in [0.25, 0.3) is 0 Å². The molecule has 4 nitrogen and oxygen atoms in total. The molecule has 1 fully saturated rings. The average molecular weight is 410 g/mol. The molecule has 0 unspecified atom stereocenters. The van der Waals surface area contributed by atoms with Gasteiger partial charge < -0.3 is 10.2 Å². The third-order valence-electron chi connectivity index (χ3n) is 5.17. The number of likely N-dealkylation sites (tertiary alicyclic amines) is 1. The number of aliphatic imine (C=N–C) groups is 1. The van der Waals surface area contributed by atoms with Gasteiger partial charge in [0.2, 0.25) is 0 Å². The normalized spacial score (nSPS) is 20.3. The van der Waals surface area contributed by atoms with Crippen molar-refractivity contribution < 1.29 is 0 Å². The molecule has 1 rings (SSSR count). The summed E-state index contributed by atoms with van der Waals surface area (Å²) in [6.45, 7) is 20.2. The molecule has 0 atom stereocenters. The summed E-state index contributed by atoms with van der Waals surface area (Å²) in [4.78, 5) is 9.30. The number of nitrogens with one attached hydrogen (secondary N) is 1. The number of guanidine groups is 1. The molecule has 1 aliphatic rings. The molecule has 0 bridgehead atoms. The highest BCUT2D eigenvalue weighted by molar-refractivity contribution is 14.0. The first kappa shape index (κ1) is 21.0. The molecule has 126 valence electrons. The molecule has 1 aliphatic heterocycles. The maximum absolute atomic E-state index is 4.45. The van der Waals surface area contributed by atoms with Gasteiger partial charge in [0.15, 0.2) is 5.96 Å². The second kappa shape index (κ2) is 7.99. The van der Waals surface area contributed by atoms with E-state index in [4.69, 9.17) is 0 Å². The SMILES string of the molecule is CCN(CCNC(=NC)N1CC(C)(C)C1(C)C)C(C)C.I. The standard InChI is InChI=1S/C16H34N4.HI/c1-9-19(13(2)3)11-10-18-14(17-8)20-12-15(4,5)16(20,6)7;/h13H,9-12H2,1-8H3,(H,17,18);1H. The van der Waals surface area contributed by atoms with Gasteiger partial charge in [0.25, 0.3) is 0 Å². The molecule has 0 aromatic heterocycles. The molecule has 1 N–H and O–H groups in total. The third-order valence-corrected chi connectivity index (χ3v) is 5.17. The third kappa shape index (κ3) is 4.47. The van der Waals surface area contributed by atoms with Gasteiger partial charge in [-0.3, -0.25) is 9.89 Å². The monoisotopic (exact) mass is 410 g/mol. The van der Waals surface area contributed by atoms with Crippen molar-refractivity contribution in [2.75, 3.05) is 33.2 Å². The van der Waals surface area contributed by atoms with E-state index in [0.29, 0.717) is 11.5 Å². The van der Waals surface area contributed by atoms with Crippen molar-refractivity contribution in [1.82, 2.24) is 15.1 Å². The van der Waals surface area contributed by atoms with Crippen LogP contribution in [0.4, 0.5) is 0 Å². The van der Waals surface area contributed by atoms with Gasteiger partial charge in [-0.25, -0.2) is 0 Å². The summed E-state index contributed by atoms with van der Waals surface area (Å²) in [6.07, 6.45) is 0. The van der Waals surface area contributed by atoms with Crippen LogP contribution in [0, 0.1) is 5.41 Å². The van der Waals surface area contributed by atoms with E-state index in [1.165, 1.54) is 0 Å². The Labute approximate surface area is 148 Å². The number of rotatable bonds is 5. The van der Waals surface area contributed by atoms with E-state index in [9.17, 15) is 0 Å². The summed E-state index contributed by atoms with van der Waals surface area (Å²) in [7, 11) is 1.88. The van der Waals surface area contributed by atoms with E-state index in [2.05, 4.69) is 68.6 Å². The van der Waals surface area contributed by atoms with Gasteiger partial charge in [-0.1, -0.05) is 20.8 Å². The molecule has 0 saturated carbocycles. The Bertz CT molecular complexity index is 350. The highest BCUT2D eigenvalue weighted by Crippen LogP contribution is 2.46. The predicted octanol–water partition coefficient (Wildman–Crippen LogP) is 3.03. The van der Waals surface area contributed by atoms with Gasteiger partial charge in [-0.05, 0) is 34.2 Å². The number of likely N-dealkylation sites (N-methyl/N-ethyl adjacent to an activating group) is 1. The van der Waals surface area contributed by atoms with Crippen LogP contribution in [-0.4, -0.2) is 60.6 Å².